The van der Waals surface area contributed by atoms with Crippen LogP contribution in [0.2, 0.25) is 0 Å². The van der Waals surface area contributed by atoms with Gasteiger partial charge < -0.3 is 14.1 Å². The summed E-state index contributed by atoms with van der Waals surface area (Å²) in [6.07, 6.45) is 5.90. The summed E-state index contributed by atoms with van der Waals surface area (Å²) in [4.78, 5) is 7.84. The van der Waals surface area contributed by atoms with Gasteiger partial charge in [-0.1, -0.05) is 6.07 Å². The molecule has 0 bridgehead atoms. The Kier molecular flexibility index (Phi) is 2.29. The lowest BCUT2D eigenvalue weighted by Crippen LogP contribution is -1.86. The number of ether oxygens (including phenoxy) is 1. The van der Waals surface area contributed by atoms with Crippen LogP contribution in [-0.2, 0) is 0 Å². The van der Waals surface area contributed by atoms with E-state index in [4.69, 9.17) is 4.74 Å². The molecular weight excluding hydrogens is 250 g/mol. The van der Waals surface area contributed by atoms with Gasteiger partial charge in [0.05, 0.1) is 19.0 Å². The van der Waals surface area contributed by atoms with E-state index in [-0.39, 0.29) is 0 Å². The highest BCUT2D eigenvalue weighted by Crippen LogP contribution is 2.24. The summed E-state index contributed by atoms with van der Waals surface area (Å²) in [7, 11) is 1.67. The molecule has 1 N–H and O–H groups in total. The first-order valence-corrected chi connectivity index (χ1v) is 6.44. The minimum Gasteiger partial charge on any atom is -0.495 e. The third kappa shape index (κ3) is 1.66. The smallest absolute Gasteiger partial charge is 0.137 e. The maximum atomic E-state index is 5.23. The van der Waals surface area contributed by atoms with E-state index >= 15 is 0 Å². The van der Waals surface area contributed by atoms with Gasteiger partial charge in [-0.3, -0.25) is 0 Å². The van der Waals surface area contributed by atoms with Gasteiger partial charge in [-0.2, -0.15) is 0 Å². The standard InChI is InChI=1S/C16H13N3O/c1-20-13-3-5-16-18-15(10-19(16)9-13)11-2-4-14-12(8-11)6-7-17-14/h2-10,17H,1H3. The predicted octanol–water partition coefficient (Wildman–Crippen LogP) is 3.49. The number of rotatable bonds is 2. The van der Waals surface area contributed by atoms with E-state index in [9.17, 15) is 0 Å². The molecule has 4 heteroatoms. The van der Waals surface area contributed by atoms with Gasteiger partial charge in [0.1, 0.15) is 11.4 Å². The molecule has 0 saturated heterocycles. The predicted molar refractivity (Wildman–Crippen MR) is 79.0 cm³/mol. The zero-order valence-electron chi connectivity index (χ0n) is 11.0. The summed E-state index contributed by atoms with van der Waals surface area (Å²) in [6.45, 7) is 0. The van der Waals surface area contributed by atoms with Gasteiger partial charge in [-0.15, -0.1) is 0 Å². The quantitative estimate of drug-likeness (QED) is 0.601. The minimum atomic E-state index is 0.822. The van der Waals surface area contributed by atoms with Crippen LogP contribution in [0.3, 0.4) is 0 Å². The second-order valence-electron chi connectivity index (χ2n) is 4.74. The van der Waals surface area contributed by atoms with Crippen molar-refractivity contribution in [1.82, 2.24) is 14.4 Å². The molecule has 0 aliphatic carbocycles. The summed E-state index contributed by atoms with van der Waals surface area (Å²) in [6, 6.07) is 12.2. The van der Waals surface area contributed by atoms with Crippen molar-refractivity contribution in [2.75, 3.05) is 7.11 Å². The number of methoxy groups -OCH3 is 1. The summed E-state index contributed by atoms with van der Waals surface area (Å²) in [5.41, 5.74) is 4.12. The number of fused-ring (bicyclic) bond motifs is 2. The topological polar surface area (TPSA) is 42.3 Å². The van der Waals surface area contributed by atoms with Gasteiger partial charge in [0, 0.05) is 28.9 Å². The Morgan fingerprint density at radius 2 is 2.05 bits per heavy atom. The van der Waals surface area contributed by atoms with E-state index < -0.39 is 0 Å². The first kappa shape index (κ1) is 11.1. The van der Waals surface area contributed by atoms with Gasteiger partial charge >= 0.3 is 0 Å². The van der Waals surface area contributed by atoms with Crippen molar-refractivity contribution in [3.8, 4) is 17.0 Å². The highest BCUT2D eigenvalue weighted by molar-refractivity contribution is 5.84. The van der Waals surface area contributed by atoms with Crippen molar-refractivity contribution in [3.63, 3.8) is 0 Å². The Labute approximate surface area is 115 Å². The van der Waals surface area contributed by atoms with E-state index in [1.54, 1.807) is 7.11 Å². The molecule has 20 heavy (non-hydrogen) atoms. The van der Waals surface area contributed by atoms with E-state index in [0.717, 1.165) is 28.2 Å². The van der Waals surface area contributed by atoms with Crippen molar-refractivity contribution in [1.29, 1.82) is 0 Å². The number of aromatic nitrogens is 3. The monoisotopic (exact) mass is 263 g/mol. The van der Waals surface area contributed by atoms with Crippen LogP contribution >= 0.6 is 0 Å². The average molecular weight is 263 g/mol. The van der Waals surface area contributed by atoms with E-state index in [1.807, 2.05) is 35.1 Å². The fourth-order valence-corrected chi connectivity index (χ4v) is 2.44. The third-order valence-corrected chi connectivity index (χ3v) is 3.51. The highest BCUT2D eigenvalue weighted by atomic mass is 16.5. The molecule has 0 spiro atoms. The lowest BCUT2D eigenvalue weighted by atomic mass is 10.1. The molecule has 0 aliphatic rings. The maximum Gasteiger partial charge on any atom is 0.137 e. The summed E-state index contributed by atoms with van der Waals surface area (Å²) in [5.74, 6) is 0.822. The van der Waals surface area contributed by atoms with E-state index in [1.165, 1.54) is 5.39 Å². The molecule has 0 aliphatic heterocycles. The van der Waals surface area contributed by atoms with Gasteiger partial charge in [0.2, 0.25) is 0 Å². The van der Waals surface area contributed by atoms with E-state index in [0.29, 0.717) is 0 Å². The summed E-state index contributed by atoms with van der Waals surface area (Å²) >= 11 is 0. The normalized spacial score (nSPS) is 11.2. The van der Waals surface area contributed by atoms with Crippen molar-refractivity contribution < 1.29 is 4.74 Å². The molecule has 0 radical (unpaired) electrons. The van der Waals surface area contributed by atoms with Crippen LogP contribution in [0.25, 0.3) is 27.8 Å². The Morgan fingerprint density at radius 3 is 2.95 bits per heavy atom. The molecule has 3 aromatic heterocycles. The molecular formula is C16H13N3O. The molecule has 4 aromatic rings. The van der Waals surface area contributed by atoms with Gasteiger partial charge in [0.15, 0.2) is 0 Å². The number of hydrogen-bond acceptors (Lipinski definition) is 2. The number of pyridine rings is 1. The molecule has 0 atom stereocenters. The average Bonchev–Trinajstić information content (AvgIpc) is 3.11. The molecule has 0 amide bonds. The lowest BCUT2D eigenvalue weighted by molar-refractivity contribution is 0.412. The number of H-pyrrole nitrogens is 1. The van der Waals surface area contributed by atoms with Gasteiger partial charge in [-0.25, -0.2) is 4.98 Å². The van der Waals surface area contributed by atoms with Crippen LogP contribution in [0.15, 0.2) is 55.0 Å². The van der Waals surface area contributed by atoms with Crippen molar-refractivity contribution >= 4 is 16.6 Å². The second-order valence-corrected chi connectivity index (χ2v) is 4.74. The largest absolute Gasteiger partial charge is 0.495 e. The number of aromatic amines is 1. The van der Waals surface area contributed by atoms with Gasteiger partial charge in [-0.05, 0) is 30.3 Å². The minimum absolute atomic E-state index is 0.822. The number of nitrogens with one attached hydrogen (secondary N) is 1. The Morgan fingerprint density at radius 1 is 1.10 bits per heavy atom. The molecule has 0 fully saturated rings. The van der Waals surface area contributed by atoms with Crippen LogP contribution in [0.1, 0.15) is 0 Å². The molecule has 0 saturated carbocycles. The number of hydrogen-bond donors (Lipinski definition) is 1. The number of imidazole rings is 1. The van der Waals surface area contributed by atoms with E-state index in [2.05, 4.69) is 34.2 Å². The molecule has 0 unspecified atom stereocenters. The van der Waals surface area contributed by atoms with Crippen LogP contribution in [0.4, 0.5) is 0 Å². The third-order valence-electron chi connectivity index (χ3n) is 3.51. The fourth-order valence-electron chi connectivity index (χ4n) is 2.44. The first-order chi connectivity index (χ1) is 9.83. The van der Waals surface area contributed by atoms with Crippen LogP contribution in [-0.4, -0.2) is 21.5 Å². The Bertz CT molecular complexity index is 904. The Balaban J connectivity index is 1.87. The second kappa shape index (κ2) is 4.13. The zero-order chi connectivity index (χ0) is 13.5. The van der Waals surface area contributed by atoms with Gasteiger partial charge in [0.25, 0.3) is 0 Å². The zero-order valence-corrected chi connectivity index (χ0v) is 11.0. The van der Waals surface area contributed by atoms with Crippen molar-refractivity contribution in [3.05, 3.63) is 55.0 Å². The maximum absolute atomic E-state index is 5.23. The van der Waals surface area contributed by atoms with Crippen LogP contribution in [0.5, 0.6) is 5.75 Å². The van der Waals surface area contributed by atoms with Crippen molar-refractivity contribution in [2.45, 2.75) is 0 Å². The molecule has 98 valence electrons. The molecule has 1 aromatic carbocycles. The summed E-state index contributed by atoms with van der Waals surface area (Å²) < 4.78 is 7.21. The molecule has 3 heterocycles. The molecule has 4 nitrogen and oxygen atoms in total. The number of benzene rings is 1. The first-order valence-electron chi connectivity index (χ1n) is 6.44. The highest BCUT2D eigenvalue weighted by Gasteiger charge is 2.06. The van der Waals surface area contributed by atoms with Crippen molar-refractivity contribution in [2.24, 2.45) is 0 Å². The fraction of sp³-hybridized carbons (Fsp3) is 0.0625. The Hall–Kier alpha value is -2.75. The van der Waals surface area contributed by atoms with Crippen LogP contribution < -0.4 is 4.74 Å². The number of nitrogens with zero attached hydrogens (tertiary/aromatic N) is 2. The molecule has 4 rings (SSSR count). The summed E-state index contributed by atoms with van der Waals surface area (Å²) in [5, 5.41) is 1.19. The lowest BCUT2D eigenvalue weighted by Gasteiger charge is -1.98. The van der Waals surface area contributed by atoms with Crippen LogP contribution in [0, 0.1) is 0 Å². The SMILES string of the molecule is COc1ccc2nc(-c3ccc4[nH]ccc4c3)cn2c1.